The van der Waals surface area contributed by atoms with E-state index in [0.29, 0.717) is 12.2 Å². The Hall–Kier alpha value is -2.93. The van der Waals surface area contributed by atoms with E-state index in [0.717, 1.165) is 24.2 Å². The minimum absolute atomic E-state index is 0.139. The maximum absolute atomic E-state index is 12.8. The summed E-state index contributed by atoms with van der Waals surface area (Å²) >= 11 is 2.53. The van der Waals surface area contributed by atoms with Crippen molar-refractivity contribution in [3.63, 3.8) is 0 Å². The van der Waals surface area contributed by atoms with E-state index in [1.165, 1.54) is 29.2 Å². The Bertz CT molecular complexity index is 930. The highest BCUT2D eigenvalue weighted by atomic mass is 32.2. The Morgan fingerprint density at radius 1 is 1.45 bits per heavy atom. The fourth-order valence-electron chi connectivity index (χ4n) is 2.92. The number of oxime groups is 1. The third kappa shape index (κ3) is 4.88. The quantitative estimate of drug-likeness (QED) is 0.128. The predicted molar refractivity (Wildman–Crippen MR) is 114 cm³/mol. The number of anilines is 1. The Kier molecular flexibility index (Phi) is 7.63. The smallest absolute Gasteiger partial charge is 0.354 e. The van der Waals surface area contributed by atoms with Gasteiger partial charge in [0.2, 0.25) is 6.41 Å². The first kappa shape index (κ1) is 22.7. The average Bonchev–Trinajstić information content (AvgIpc) is 3.23. The van der Waals surface area contributed by atoms with Crippen LogP contribution in [-0.2, 0) is 28.8 Å². The lowest BCUT2D eigenvalue weighted by atomic mass is 10.0. The van der Waals surface area contributed by atoms with Gasteiger partial charge >= 0.3 is 5.97 Å². The lowest BCUT2D eigenvalue weighted by molar-refractivity contribution is -0.152. The highest BCUT2D eigenvalue weighted by Crippen LogP contribution is 2.37. The number of carbonyl (C=O) groups excluding carboxylic acids is 4. The van der Waals surface area contributed by atoms with Crippen LogP contribution in [-0.4, -0.2) is 70.7 Å². The van der Waals surface area contributed by atoms with Crippen molar-refractivity contribution in [2.45, 2.75) is 31.2 Å². The molecule has 1 aromatic rings. The maximum Gasteiger partial charge on any atom is 0.354 e. The van der Waals surface area contributed by atoms with Crippen LogP contribution in [0.15, 0.2) is 22.3 Å². The van der Waals surface area contributed by atoms with Crippen molar-refractivity contribution in [2.24, 2.45) is 5.16 Å². The highest BCUT2D eigenvalue weighted by molar-refractivity contribution is 8.00. The molecular formula is C18H21N5O6S2. The first-order chi connectivity index (χ1) is 15.0. The molecule has 2 aliphatic rings. The van der Waals surface area contributed by atoms with Crippen LogP contribution in [0.4, 0.5) is 5.13 Å². The van der Waals surface area contributed by atoms with E-state index in [4.69, 9.17) is 9.57 Å². The molecule has 11 nitrogen and oxygen atoms in total. The monoisotopic (exact) mass is 467 g/mol. The number of fused-ring (bicyclic) bond motifs is 1. The number of nitrogens with one attached hydrogen (secondary N) is 2. The van der Waals surface area contributed by atoms with E-state index in [2.05, 4.69) is 20.8 Å². The number of nitrogens with zero attached hydrogens (tertiary/aromatic N) is 3. The number of thioether (sulfide) groups is 1. The summed E-state index contributed by atoms with van der Waals surface area (Å²) in [7, 11) is 1.28. The fraction of sp³-hybridized carbons (Fsp3) is 0.444. The number of hydrogen-bond donors (Lipinski definition) is 2. The molecule has 0 saturated carbocycles. The van der Waals surface area contributed by atoms with Crippen molar-refractivity contribution in [3.8, 4) is 0 Å². The van der Waals surface area contributed by atoms with Crippen molar-refractivity contribution in [2.75, 3.05) is 24.8 Å². The van der Waals surface area contributed by atoms with Crippen LogP contribution in [0, 0.1) is 0 Å². The van der Waals surface area contributed by atoms with Crippen LogP contribution in [0.5, 0.6) is 0 Å². The van der Waals surface area contributed by atoms with E-state index in [1.807, 2.05) is 6.92 Å². The number of hydrogen-bond acceptors (Lipinski definition) is 10. The van der Waals surface area contributed by atoms with Crippen molar-refractivity contribution in [3.05, 3.63) is 22.8 Å². The van der Waals surface area contributed by atoms with Gasteiger partial charge in [0.15, 0.2) is 10.8 Å². The van der Waals surface area contributed by atoms with Crippen molar-refractivity contribution >= 4 is 58.1 Å². The summed E-state index contributed by atoms with van der Waals surface area (Å²) in [6.07, 6.45) is 3.75. The van der Waals surface area contributed by atoms with Crippen LogP contribution in [0.2, 0.25) is 0 Å². The summed E-state index contributed by atoms with van der Waals surface area (Å²) in [5.41, 5.74) is 0.249. The number of thiazole rings is 1. The molecule has 31 heavy (non-hydrogen) atoms. The molecule has 2 N–H and O–H groups in total. The van der Waals surface area contributed by atoms with Gasteiger partial charge in [0.05, 0.1) is 6.61 Å². The summed E-state index contributed by atoms with van der Waals surface area (Å²) < 4.78 is 5.22. The SMILES string of the molecule is CCCCOC(=O)C1=CCS[C@@H]2C(NC(=O)C(=NOC)c3csc(NC=O)n3)C(=O)N12. The van der Waals surface area contributed by atoms with Gasteiger partial charge < -0.3 is 20.2 Å². The van der Waals surface area contributed by atoms with Gasteiger partial charge in [-0.3, -0.25) is 19.3 Å². The van der Waals surface area contributed by atoms with Gasteiger partial charge in [0.25, 0.3) is 11.8 Å². The summed E-state index contributed by atoms with van der Waals surface area (Å²) in [5, 5.41) is 10.1. The third-order valence-electron chi connectivity index (χ3n) is 4.40. The molecule has 0 radical (unpaired) electrons. The second-order valence-electron chi connectivity index (χ2n) is 6.38. The van der Waals surface area contributed by atoms with Crippen LogP contribution in [0.25, 0.3) is 0 Å². The maximum atomic E-state index is 12.8. The van der Waals surface area contributed by atoms with Crippen LogP contribution < -0.4 is 10.6 Å². The number of unbranched alkanes of at least 4 members (excludes halogenated alkanes) is 1. The molecule has 0 bridgehead atoms. The van der Waals surface area contributed by atoms with Crippen LogP contribution >= 0.6 is 23.1 Å². The zero-order valence-electron chi connectivity index (χ0n) is 16.8. The van der Waals surface area contributed by atoms with Gasteiger partial charge in [-0.25, -0.2) is 9.78 Å². The van der Waals surface area contributed by atoms with Crippen LogP contribution in [0.1, 0.15) is 25.5 Å². The largest absolute Gasteiger partial charge is 0.461 e. The minimum atomic E-state index is -0.835. The third-order valence-corrected chi connectivity index (χ3v) is 6.36. The molecule has 0 aliphatic carbocycles. The molecule has 1 fully saturated rings. The number of carbonyl (C=O) groups is 4. The first-order valence-corrected chi connectivity index (χ1v) is 11.3. The lowest BCUT2D eigenvalue weighted by Gasteiger charge is -2.48. The van der Waals surface area contributed by atoms with Gasteiger partial charge in [-0.05, 0) is 12.5 Å². The molecule has 13 heteroatoms. The van der Waals surface area contributed by atoms with Crippen molar-refractivity contribution in [1.82, 2.24) is 15.2 Å². The number of esters is 1. The van der Waals surface area contributed by atoms with Crippen LogP contribution in [0.3, 0.4) is 0 Å². The molecule has 0 aromatic carbocycles. The molecule has 2 aliphatic heterocycles. The Morgan fingerprint density at radius 2 is 2.26 bits per heavy atom. The molecule has 2 atom stereocenters. The van der Waals surface area contributed by atoms with E-state index in [-0.39, 0.29) is 28.8 Å². The first-order valence-electron chi connectivity index (χ1n) is 9.41. The normalized spacial score (nSPS) is 20.2. The highest BCUT2D eigenvalue weighted by Gasteiger charge is 2.53. The van der Waals surface area contributed by atoms with E-state index in [9.17, 15) is 19.2 Å². The zero-order valence-corrected chi connectivity index (χ0v) is 18.5. The summed E-state index contributed by atoms with van der Waals surface area (Å²) in [5.74, 6) is -1.12. The van der Waals surface area contributed by atoms with E-state index in [1.54, 1.807) is 6.08 Å². The molecule has 3 amide bonds. The number of aromatic nitrogens is 1. The molecule has 0 spiro atoms. The Balaban J connectivity index is 1.67. The molecule has 1 unspecified atom stereocenters. The number of amides is 3. The van der Waals surface area contributed by atoms with E-state index >= 15 is 0 Å². The molecule has 166 valence electrons. The van der Waals surface area contributed by atoms with Gasteiger partial charge in [-0.1, -0.05) is 18.5 Å². The van der Waals surface area contributed by atoms with Gasteiger partial charge in [-0.15, -0.1) is 23.1 Å². The summed E-state index contributed by atoms with van der Waals surface area (Å²) in [6.45, 7) is 2.27. The van der Waals surface area contributed by atoms with Gasteiger partial charge in [0.1, 0.15) is 29.9 Å². The molecule has 3 rings (SSSR count). The second-order valence-corrected chi connectivity index (χ2v) is 8.39. The number of rotatable bonds is 10. The zero-order chi connectivity index (χ0) is 22.4. The molecule has 1 saturated heterocycles. The Morgan fingerprint density at radius 3 is 2.97 bits per heavy atom. The Labute approximate surface area is 186 Å². The standard InChI is InChI=1S/C18H21N5O6S2/c1-3-4-6-29-17(27)11-5-7-30-16-13(15(26)23(11)16)21-14(25)12(22-28-2)10-8-31-18(20-10)19-9-24/h5,8-9,13,16H,3-4,6-7H2,1-2H3,(H,21,25)(H,19,20,24)/t13?,16-/m1/s1. The second kappa shape index (κ2) is 10.4. The lowest BCUT2D eigenvalue weighted by Crippen LogP contribution is -2.70. The number of ether oxygens (including phenoxy) is 1. The molecular weight excluding hydrogens is 446 g/mol. The van der Waals surface area contributed by atoms with Gasteiger partial charge in [0, 0.05) is 11.1 Å². The minimum Gasteiger partial charge on any atom is -0.461 e. The average molecular weight is 468 g/mol. The molecule has 3 heterocycles. The van der Waals surface area contributed by atoms with Crippen molar-refractivity contribution < 1.29 is 28.8 Å². The van der Waals surface area contributed by atoms with E-state index < -0.39 is 29.2 Å². The van der Waals surface area contributed by atoms with Crippen molar-refractivity contribution in [1.29, 1.82) is 0 Å². The number of β-lactam (4-membered cyclic amide) rings is 1. The molecule has 1 aromatic heterocycles. The van der Waals surface area contributed by atoms with Gasteiger partial charge in [-0.2, -0.15) is 0 Å². The summed E-state index contributed by atoms with van der Waals surface area (Å²) in [4.78, 5) is 58.5. The summed E-state index contributed by atoms with van der Waals surface area (Å²) in [6, 6.07) is -0.835. The fourth-order valence-corrected chi connectivity index (χ4v) is 4.77. The topological polar surface area (TPSA) is 139 Å². The predicted octanol–water partition coefficient (Wildman–Crippen LogP) is 0.689.